The van der Waals surface area contributed by atoms with Gasteiger partial charge in [-0.25, -0.2) is 12.8 Å². The average molecular weight is 542 g/mol. The van der Waals surface area contributed by atoms with E-state index < -0.39 is 44.2 Å². The fourth-order valence-electron chi connectivity index (χ4n) is 5.20. The summed E-state index contributed by atoms with van der Waals surface area (Å²) in [4.78, 5) is 3.16. The van der Waals surface area contributed by atoms with Crippen molar-refractivity contribution >= 4 is 30.1 Å². The molecule has 2 aromatic rings. The molecule has 192 valence electrons. The van der Waals surface area contributed by atoms with Crippen LogP contribution in [0.3, 0.4) is 0 Å². The molecule has 0 radical (unpaired) electrons. The molecule has 0 saturated carbocycles. The van der Waals surface area contributed by atoms with Crippen molar-refractivity contribution < 1.29 is 39.2 Å². The Kier molecular flexibility index (Phi) is 6.01. The minimum absolute atomic E-state index is 0.00518. The Labute approximate surface area is 200 Å². The van der Waals surface area contributed by atoms with Crippen molar-refractivity contribution in [1.29, 1.82) is 0 Å². The molecule has 0 aromatic heterocycles. The number of fused-ring (bicyclic) bond motifs is 3. The first kappa shape index (κ1) is 26.2. The van der Waals surface area contributed by atoms with Crippen molar-refractivity contribution in [3.8, 4) is 0 Å². The molecule has 4 nitrogen and oxygen atoms in total. The molecule has 4 rings (SSSR count). The first-order valence-corrected chi connectivity index (χ1v) is 12.5. The third kappa shape index (κ3) is 3.58. The summed E-state index contributed by atoms with van der Waals surface area (Å²) in [6.07, 6.45) is -12.5. The summed E-state index contributed by atoms with van der Waals surface area (Å²) in [5, 5.41) is 0.730. The van der Waals surface area contributed by atoms with Crippen LogP contribution in [0, 0.1) is 0 Å². The molecule has 2 heterocycles. The smallest absolute Gasteiger partial charge is 0.373 e. The summed E-state index contributed by atoms with van der Waals surface area (Å²) in [7, 11) is 1.39. The molecule has 3 unspecified atom stereocenters. The lowest BCUT2D eigenvalue weighted by Gasteiger charge is -2.46. The summed E-state index contributed by atoms with van der Waals surface area (Å²) < 4.78 is 122. The van der Waals surface area contributed by atoms with E-state index in [4.69, 9.17) is 0 Å². The Morgan fingerprint density at radius 2 is 1.51 bits per heavy atom. The first-order chi connectivity index (χ1) is 16.0. The van der Waals surface area contributed by atoms with Crippen molar-refractivity contribution in [3.05, 3.63) is 53.6 Å². The van der Waals surface area contributed by atoms with Crippen molar-refractivity contribution in [2.45, 2.75) is 40.1 Å². The maximum Gasteiger partial charge on any atom is 0.435 e. The van der Waals surface area contributed by atoms with E-state index in [0.29, 0.717) is 18.7 Å². The van der Waals surface area contributed by atoms with E-state index in [1.165, 1.54) is 24.1 Å². The topological polar surface area (TPSA) is 40.6 Å². The number of likely N-dealkylation sites (N-methyl/N-ethyl adjacent to an activating group) is 2. The van der Waals surface area contributed by atoms with Crippen molar-refractivity contribution in [2.75, 3.05) is 32.1 Å². The molecule has 1 saturated heterocycles. The van der Waals surface area contributed by atoms with Gasteiger partial charge < -0.3 is 4.90 Å². The molecule has 0 amide bonds. The Balaban J connectivity index is 1.98. The molecule has 2 aliphatic heterocycles. The summed E-state index contributed by atoms with van der Waals surface area (Å²) >= 11 is 0. The number of hydrogen-bond acceptors (Lipinski definition) is 4. The molecular weight excluding hydrogens is 520 g/mol. The standard InChI is InChI=1S/C22H22F7N2O2PS/c1-30-10-9-19(35(32,33)15-6-4-14(34)5-7-15)16-8-3-13(11-17(16)31(2)12-18(19)30)20(23,21(24,25)26)22(27,28)29/h3-8,11,18H,9-10,12,34H2,1-2H3. The van der Waals surface area contributed by atoms with Gasteiger partial charge in [0.1, 0.15) is 4.75 Å². The van der Waals surface area contributed by atoms with Gasteiger partial charge in [-0.1, -0.05) is 24.3 Å². The molecule has 0 spiro atoms. The van der Waals surface area contributed by atoms with Gasteiger partial charge in [0.25, 0.3) is 0 Å². The summed E-state index contributed by atoms with van der Waals surface area (Å²) in [5.74, 6) is 0. The molecule has 1 fully saturated rings. The van der Waals surface area contributed by atoms with E-state index in [1.54, 1.807) is 24.1 Å². The Bertz CT molecular complexity index is 1230. The van der Waals surface area contributed by atoms with Crippen LogP contribution in [0.4, 0.5) is 36.4 Å². The van der Waals surface area contributed by atoms with Gasteiger partial charge >= 0.3 is 18.0 Å². The van der Waals surface area contributed by atoms with Gasteiger partial charge in [0, 0.05) is 31.4 Å². The highest BCUT2D eigenvalue weighted by Gasteiger charge is 2.74. The Hall–Kier alpha value is -1.91. The Morgan fingerprint density at radius 3 is 2.06 bits per heavy atom. The number of rotatable bonds is 3. The monoisotopic (exact) mass is 542 g/mol. The largest absolute Gasteiger partial charge is 0.435 e. The molecule has 3 atom stereocenters. The zero-order valence-electron chi connectivity index (χ0n) is 18.6. The minimum Gasteiger partial charge on any atom is -0.373 e. The van der Waals surface area contributed by atoms with Gasteiger partial charge in [0.05, 0.1) is 10.9 Å². The Morgan fingerprint density at radius 1 is 0.943 bits per heavy atom. The first-order valence-electron chi connectivity index (χ1n) is 10.5. The van der Waals surface area contributed by atoms with E-state index in [1.807, 2.05) is 0 Å². The fraction of sp³-hybridized carbons (Fsp3) is 0.455. The van der Waals surface area contributed by atoms with Crippen LogP contribution in [0.15, 0.2) is 47.4 Å². The number of anilines is 1. The van der Waals surface area contributed by atoms with Gasteiger partial charge in [0.15, 0.2) is 9.84 Å². The molecule has 13 heteroatoms. The average Bonchev–Trinajstić information content (AvgIpc) is 3.10. The highest BCUT2D eigenvalue weighted by molar-refractivity contribution is 7.92. The van der Waals surface area contributed by atoms with Crippen LogP contribution in [0.2, 0.25) is 0 Å². The number of nitrogens with zero attached hydrogens (tertiary/aromatic N) is 2. The second kappa shape index (κ2) is 8.05. The van der Waals surface area contributed by atoms with Crippen LogP contribution in [-0.4, -0.2) is 58.9 Å². The number of sulfone groups is 1. The maximum absolute atomic E-state index is 14.8. The molecular formula is C22H22F7N2O2PS. The lowest BCUT2D eigenvalue weighted by molar-refractivity contribution is -0.348. The number of benzene rings is 2. The van der Waals surface area contributed by atoms with Crippen molar-refractivity contribution in [3.63, 3.8) is 0 Å². The van der Waals surface area contributed by atoms with Gasteiger partial charge in [-0.15, -0.1) is 9.24 Å². The lowest BCUT2D eigenvalue weighted by atomic mass is 9.82. The SMILES string of the molecule is CN1CC2N(C)CCC2(S(=O)(=O)c2ccc(P)cc2)c2ccc(C(F)(C(F)(F)F)C(F)(F)F)cc21. The van der Waals surface area contributed by atoms with Gasteiger partial charge in [-0.05, 0) is 42.5 Å². The van der Waals surface area contributed by atoms with Crippen LogP contribution < -0.4 is 10.2 Å². The predicted octanol–water partition coefficient (Wildman–Crippen LogP) is 4.30. The molecule has 0 N–H and O–H groups in total. The minimum atomic E-state index is -6.27. The second-order valence-electron chi connectivity index (χ2n) is 8.97. The second-order valence-corrected chi connectivity index (χ2v) is 11.8. The summed E-state index contributed by atoms with van der Waals surface area (Å²) in [6.45, 7) is 0.337. The van der Waals surface area contributed by atoms with Gasteiger partial charge in [-0.2, -0.15) is 26.3 Å². The quantitative estimate of drug-likeness (QED) is 0.429. The third-order valence-electron chi connectivity index (χ3n) is 7.07. The molecule has 2 aliphatic rings. The van der Waals surface area contributed by atoms with E-state index >= 15 is 0 Å². The zero-order valence-corrected chi connectivity index (χ0v) is 20.6. The number of hydrogen-bond donors (Lipinski definition) is 0. The molecule has 2 aromatic carbocycles. The van der Waals surface area contributed by atoms with E-state index in [9.17, 15) is 39.2 Å². The number of halogens is 7. The highest BCUT2D eigenvalue weighted by Crippen LogP contribution is 2.57. The predicted molar refractivity (Wildman–Crippen MR) is 120 cm³/mol. The van der Waals surface area contributed by atoms with Gasteiger partial charge in [0.2, 0.25) is 0 Å². The van der Waals surface area contributed by atoms with Crippen molar-refractivity contribution in [2.24, 2.45) is 0 Å². The van der Waals surface area contributed by atoms with E-state index in [2.05, 4.69) is 9.24 Å². The normalized spacial score (nSPS) is 23.8. The van der Waals surface area contributed by atoms with Crippen LogP contribution >= 0.6 is 9.24 Å². The van der Waals surface area contributed by atoms with Crippen molar-refractivity contribution in [1.82, 2.24) is 4.90 Å². The highest BCUT2D eigenvalue weighted by atomic mass is 32.2. The zero-order chi connectivity index (χ0) is 26.2. The fourth-order valence-corrected chi connectivity index (χ4v) is 7.75. The van der Waals surface area contributed by atoms with Crippen LogP contribution in [-0.2, 0) is 20.3 Å². The van der Waals surface area contributed by atoms with Crippen LogP contribution in [0.25, 0.3) is 0 Å². The van der Waals surface area contributed by atoms with Crippen LogP contribution in [0.1, 0.15) is 17.5 Å². The van der Waals surface area contributed by atoms with E-state index in [0.717, 1.165) is 11.4 Å². The van der Waals surface area contributed by atoms with E-state index in [-0.39, 0.29) is 29.1 Å². The number of likely N-dealkylation sites (tertiary alicyclic amines) is 1. The van der Waals surface area contributed by atoms with Gasteiger partial charge in [-0.3, -0.25) is 4.90 Å². The summed E-state index contributed by atoms with van der Waals surface area (Å²) in [6, 6.07) is 7.12. The summed E-state index contributed by atoms with van der Waals surface area (Å²) in [5.41, 5.74) is -7.39. The molecule has 35 heavy (non-hydrogen) atoms. The lowest BCUT2D eigenvalue weighted by Crippen LogP contribution is -2.56. The number of alkyl halides is 7. The molecule has 0 aliphatic carbocycles. The molecule has 0 bridgehead atoms. The van der Waals surface area contributed by atoms with Crippen LogP contribution in [0.5, 0.6) is 0 Å². The third-order valence-corrected chi connectivity index (χ3v) is 10.00. The maximum atomic E-state index is 14.8.